The average molecular weight is 920 g/mol. The Morgan fingerprint density at radius 2 is 1.73 bits per heavy atom. The first kappa shape index (κ1) is 46.0. The maximum atomic E-state index is 14.9. The molecule has 8 rings (SSSR count). The van der Waals surface area contributed by atoms with Crippen molar-refractivity contribution in [2.24, 2.45) is 11.8 Å². The fraction of sp³-hybridized carbons (Fsp3) is 0.660. The van der Waals surface area contributed by atoms with Gasteiger partial charge in [-0.2, -0.15) is 4.98 Å². The highest BCUT2D eigenvalue weighted by molar-refractivity contribution is 7.91. The number of aromatic nitrogens is 3. The molecule has 3 aromatic rings. The summed E-state index contributed by atoms with van der Waals surface area (Å²) in [6.45, 7) is 12.7. The number of fused-ring (bicyclic) bond motifs is 3. The summed E-state index contributed by atoms with van der Waals surface area (Å²) in [6.07, 6.45) is 12.6. The van der Waals surface area contributed by atoms with Crippen LogP contribution in [-0.2, 0) is 29.1 Å². The van der Waals surface area contributed by atoms with Gasteiger partial charge in [0.15, 0.2) is 0 Å². The fourth-order valence-corrected chi connectivity index (χ4v) is 11.9. The van der Waals surface area contributed by atoms with E-state index in [1.807, 2.05) is 55.7 Å². The molecule has 2 aliphatic heterocycles. The Kier molecular flexibility index (Phi) is 12.7. The number of sulfonamides is 1. The third kappa shape index (κ3) is 9.29. The van der Waals surface area contributed by atoms with E-state index >= 15 is 0 Å². The van der Waals surface area contributed by atoms with Crippen LogP contribution >= 0.6 is 11.3 Å². The van der Waals surface area contributed by atoms with Crippen molar-refractivity contribution in [1.29, 1.82) is 0 Å². The second-order valence-corrected chi connectivity index (χ2v) is 23.4. The van der Waals surface area contributed by atoms with Crippen LogP contribution in [0.3, 0.4) is 0 Å². The molecule has 15 nitrogen and oxygen atoms in total. The van der Waals surface area contributed by atoms with E-state index < -0.39 is 79.7 Å². The SMILES string of the molecule is CC(C)n1c(O[C@H]2CN3C(=O)[C@@H](NC(=O)OC(C)(C)C)CCCCC/C=C\[C@@H]4C[C@@]4(C(=O)NS(=O)(=O)C4(C)CC4)NC(=O)[C@@H]3[C@H]2C)nc2c(-c3nc(C4CCCCC4)cs3)cccc21. The van der Waals surface area contributed by atoms with E-state index in [0.717, 1.165) is 53.0 Å². The van der Waals surface area contributed by atoms with Crippen LogP contribution in [0.2, 0.25) is 0 Å². The predicted molar refractivity (Wildman–Crippen MR) is 245 cm³/mol. The second kappa shape index (κ2) is 17.7. The van der Waals surface area contributed by atoms with E-state index in [4.69, 9.17) is 19.4 Å². The first-order chi connectivity index (χ1) is 30.3. The van der Waals surface area contributed by atoms with Gasteiger partial charge < -0.3 is 25.0 Å². The van der Waals surface area contributed by atoms with Crippen molar-refractivity contribution >= 4 is 56.2 Å². The molecule has 3 N–H and O–H groups in total. The van der Waals surface area contributed by atoms with Gasteiger partial charge in [0.05, 0.1) is 22.5 Å². The molecule has 17 heteroatoms. The molecule has 5 aliphatic rings. The number of nitrogens with zero attached hydrogens (tertiary/aromatic N) is 4. The molecule has 1 saturated heterocycles. The molecule has 0 bridgehead atoms. The van der Waals surface area contributed by atoms with Crippen molar-refractivity contribution in [1.82, 2.24) is 34.8 Å². The Morgan fingerprint density at radius 3 is 2.44 bits per heavy atom. The van der Waals surface area contributed by atoms with Crippen LogP contribution in [0.1, 0.15) is 150 Å². The standard InChI is InChI=1S/C47H65N7O8S2/c1-28(2)54-35-22-16-20-32(40-48-34(27-63-40)30-17-12-11-13-18-30)37(35)50-43(54)61-36-26-53-38(29(36)3)39(55)51-47(42(57)52-64(59,60)46(7)23-24-46)25-31(47)19-14-9-8-10-15-21-33(41(53)56)49-44(58)62-45(4,5)6/h14,16,19-20,22,27-31,33,36,38H,8-13,15,17-18,21,23-26H2,1-7H3,(H,49,58)(H,51,55)(H,52,57)/b19-14-/t29-,31+,33-,36-,38-,47+/m0/s1. The maximum Gasteiger partial charge on any atom is 0.408 e. The van der Waals surface area contributed by atoms with Gasteiger partial charge in [0, 0.05) is 34.7 Å². The van der Waals surface area contributed by atoms with Gasteiger partial charge in [-0.1, -0.05) is 57.2 Å². The Bertz CT molecular complexity index is 2410. The molecule has 3 aliphatic carbocycles. The molecule has 1 aromatic carbocycles. The minimum Gasteiger partial charge on any atom is -0.459 e. The molecule has 4 amide bonds. The minimum atomic E-state index is -4.01. The number of rotatable bonds is 9. The summed E-state index contributed by atoms with van der Waals surface area (Å²) >= 11 is 1.62. The summed E-state index contributed by atoms with van der Waals surface area (Å²) in [5.74, 6) is -2.51. The van der Waals surface area contributed by atoms with Crippen LogP contribution in [0.25, 0.3) is 21.6 Å². The number of alkyl carbamates (subject to hydrolysis) is 1. The monoisotopic (exact) mass is 919 g/mol. The van der Waals surface area contributed by atoms with Gasteiger partial charge in [-0.25, -0.2) is 18.2 Å². The van der Waals surface area contributed by atoms with Gasteiger partial charge in [-0.05, 0) is 105 Å². The largest absolute Gasteiger partial charge is 0.459 e. The molecule has 6 atom stereocenters. The van der Waals surface area contributed by atoms with Gasteiger partial charge >= 0.3 is 6.09 Å². The summed E-state index contributed by atoms with van der Waals surface area (Å²) in [7, 11) is -4.01. The Hall–Kier alpha value is -4.51. The molecule has 3 saturated carbocycles. The molecule has 348 valence electrons. The first-order valence-electron chi connectivity index (χ1n) is 23.3. The maximum absolute atomic E-state index is 14.9. The molecule has 0 radical (unpaired) electrons. The zero-order valence-electron chi connectivity index (χ0n) is 38.3. The van der Waals surface area contributed by atoms with Crippen LogP contribution in [0.5, 0.6) is 6.01 Å². The van der Waals surface area contributed by atoms with Crippen molar-refractivity contribution in [2.45, 2.75) is 178 Å². The van der Waals surface area contributed by atoms with Gasteiger partial charge in [-0.15, -0.1) is 11.3 Å². The summed E-state index contributed by atoms with van der Waals surface area (Å²) < 4.78 is 42.4. The van der Waals surface area contributed by atoms with Gasteiger partial charge in [0.2, 0.25) is 21.8 Å². The van der Waals surface area contributed by atoms with Crippen LogP contribution in [0.4, 0.5) is 4.79 Å². The Morgan fingerprint density at radius 1 is 1.02 bits per heavy atom. The highest BCUT2D eigenvalue weighted by atomic mass is 32.2. The van der Waals surface area contributed by atoms with Gasteiger partial charge in [-0.3, -0.25) is 23.7 Å². The number of carbonyl (C=O) groups is 4. The molecule has 4 fully saturated rings. The van der Waals surface area contributed by atoms with Crippen molar-refractivity contribution in [3.05, 3.63) is 41.4 Å². The number of allylic oxidation sites excluding steroid dienone is 1. The highest BCUT2D eigenvalue weighted by Crippen LogP contribution is 2.48. The van der Waals surface area contributed by atoms with E-state index in [0.29, 0.717) is 44.0 Å². The number of carbonyl (C=O) groups excluding carboxylic acids is 4. The second-order valence-electron chi connectivity index (χ2n) is 20.3. The van der Waals surface area contributed by atoms with Gasteiger partial charge in [0.1, 0.15) is 39.9 Å². The van der Waals surface area contributed by atoms with Crippen LogP contribution in [0.15, 0.2) is 35.7 Å². The zero-order chi connectivity index (χ0) is 45.8. The van der Waals surface area contributed by atoms with Crippen LogP contribution in [-0.4, -0.2) is 92.3 Å². The molecule has 2 aromatic heterocycles. The number of benzene rings is 1. The van der Waals surface area contributed by atoms with Crippen molar-refractivity contribution in [3.8, 4) is 16.6 Å². The summed E-state index contributed by atoms with van der Waals surface area (Å²) in [5, 5.41) is 8.85. The van der Waals surface area contributed by atoms with Gasteiger partial charge in [0.25, 0.3) is 11.9 Å². The molecule has 4 heterocycles. The predicted octanol–water partition coefficient (Wildman–Crippen LogP) is 7.67. The van der Waals surface area contributed by atoms with E-state index in [9.17, 15) is 27.6 Å². The number of para-hydroxylation sites is 1. The summed E-state index contributed by atoms with van der Waals surface area (Å²) in [5.41, 5.74) is 1.28. The topological polar surface area (TPSA) is 191 Å². The summed E-state index contributed by atoms with van der Waals surface area (Å²) in [6, 6.07) is 4.12. The molecular weight excluding hydrogens is 855 g/mol. The van der Waals surface area contributed by atoms with E-state index in [1.165, 1.54) is 24.2 Å². The third-order valence-corrected chi connectivity index (χ3v) is 17.0. The number of hydrogen-bond acceptors (Lipinski definition) is 11. The lowest BCUT2D eigenvalue weighted by molar-refractivity contribution is -0.142. The quantitative estimate of drug-likeness (QED) is 0.180. The number of amides is 4. The molecular formula is C47H65N7O8S2. The number of hydrogen-bond donors (Lipinski definition) is 3. The minimum absolute atomic E-state index is 0.0226. The lowest BCUT2D eigenvalue weighted by atomic mass is 9.87. The Labute approximate surface area is 380 Å². The number of ether oxygens (including phenoxy) is 2. The smallest absolute Gasteiger partial charge is 0.408 e. The van der Waals surface area contributed by atoms with Crippen LogP contribution in [0, 0.1) is 11.8 Å². The normalized spacial score (nSPS) is 28.3. The van der Waals surface area contributed by atoms with E-state index in [2.05, 4.69) is 20.7 Å². The number of thiazole rings is 1. The molecule has 0 unspecified atom stereocenters. The lowest BCUT2D eigenvalue weighted by Gasteiger charge is -2.31. The number of nitrogens with one attached hydrogen (secondary N) is 3. The molecule has 0 spiro atoms. The van der Waals surface area contributed by atoms with Crippen molar-refractivity contribution < 1.29 is 37.1 Å². The zero-order valence-corrected chi connectivity index (χ0v) is 39.9. The van der Waals surface area contributed by atoms with Crippen molar-refractivity contribution in [3.63, 3.8) is 0 Å². The lowest BCUT2D eigenvalue weighted by Crippen LogP contribution is -2.59. The first-order valence-corrected chi connectivity index (χ1v) is 25.7. The Balaban J connectivity index is 1.13. The third-order valence-electron chi connectivity index (χ3n) is 13.9. The van der Waals surface area contributed by atoms with E-state index in [-0.39, 0.29) is 19.0 Å². The number of imidazole rings is 1. The fourth-order valence-electron chi connectivity index (χ4n) is 9.71. The summed E-state index contributed by atoms with van der Waals surface area (Å²) in [4.78, 5) is 68.9. The highest BCUT2D eigenvalue weighted by Gasteiger charge is 2.63. The average Bonchev–Trinajstić information content (AvgIpc) is 3.95. The van der Waals surface area contributed by atoms with Crippen molar-refractivity contribution in [2.75, 3.05) is 6.54 Å². The molecule has 64 heavy (non-hydrogen) atoms. The van der Waals surface area contributed by atoms with E-state index in [1.54, 1.807) is 39.0 Å². The van der Waals surface area contributed by atoms with Crippen LogP contribution < -0.4 is 20.1 Å².